The Labute approximate surface area is 118 Å². The van der Waals surface area contributed by atoms with Gasteiger partial charge in [0.1, 0.15) is 0 Å². The van der Waals surface area contributed by atoms with Gasteiger partial charge in [0.15, 0.2) is 0 Å². The SMILES string of the molecule is CCC(CNC(=O)c1cccc(COC)c1)CC(=O)O. The number of hydrogen-bond donors (Lipinski definition) is 2. The maximum atomic E-state index is 12.0. The van der Waals surface area contributed by atoms with Crippen molar-refractivity contribution in [3.63, 3.8) is 0 Å². The molecule has 0 aliphatic heterocycles. The van der Waals surface area contributed by atoms with Crippen LogP contribution in [0.15, 0.2) is 24.3 Å². The van der Waals surface area contributed by atoms with Crippen molar-refractivity contribution in [1.82, 2.24) is 5.32 Å². The molecule has 1 aromatic rings. The number of nitrogens with one attached hydrogen (secondary N) is 1. The molecule has 0 fully saturated rings. The minimum absolute atomic E-state index is 0.0430. The van der Waals surface area contributed by atoms with E-state index in [9.17, 15) is 9.59 Å². The van der Waals surface area contributed by atoms with Crippen molar-refractivity contribution in [3.05, 3.63) is 35.4 Å². The van der Waals surface area contributed by atoms with E-state index in [2.05, 4.69) is 5.32 Å². The summed E-state index contributed by atoms with van der Waals surface area (Å²) in [5, 5.41) is 11.5. The second-order valence-electron chi connectivity index (χ2n) is 4.72. The lowest BCUT2D eigenvalue weighted by atomic mass is 10.0. The number of carboxylic acid groups (broad SMARTS) is 1. The molecular weight excluding hydrogens is 258 g/mol. The van der Waals surface area contributed by atoms with Crippen LogP contribution >= 0.6 is 0 Å². The normalized spacial score (nSPS) is 11.9. The predicted octanol–water partition coefficient (Wildman–Crippen LogP) is 2.06. The van der Waals surface area contributed by atoms with Crippen molar-refractivity contribution in [2.75, 3.05) is 13.7 Å². The summed E-state index contributed by atoms with van der Waals surface area (Å²) in [6.07, 6.45) is 0.788. The van der Waals surface area contributed by atoms with Gasteiger partial charge >= 0.3 is 5.97 Å². The molecule has 2 N–H and O–H groups in total. The third kappa shape index (κ3) is 5.40. The molecule has 1 unspecified atom stereocenters. The molecule has 0 bridgehead atoms. The summed E-state index contributed by atoms with van der Waals surface area (Å²) in [6.45, 7) is 2.74. The molecule has 110 valence electrons. The van der Waals surface area contributed by atoms with E-state index in [1.807, 2.05) is 13.0 Å². The fraction of sp³-hybridized carbons (Fsp3) is 0.467. The van der Waals surface area contributed by atoms with Gasteiger partial charge in [0.05, 0.1) is 6.61 Å². The predicted molar refractivity (Wildman–Crippen MR) is 75.5 cm³/mol. The number of methoxy groups -OCH3 is 1. The second-order valence-corrected chi connectivity index (χ2v) is 4.72. The Morgan fingerprint density at radius 3 is 2.75 bits per heavy atom. The van der Waals surface area contributed by atoms with Gasteiger partial charge in [0, 0.05) is 25.6 Å². The van der Waals surface area contributed by atoms with Gasteiger partial charge in [0.2, 0.25) is 0 Å². The van der Waals surface area contributed by atoms with Crippen LogP contribution in [0.1, 0.15) is 35.7 Å². The number of benzene rings is 1. The van der Waals surface area contributed by atoms with E-state index in [0.717, 1.165) is 12.0 Å². The van der Waals surface area contributed by atoms with Crippen LogP contribution in [-0.4, -0.2) is 30.6 Å². The lowest BCUT2D eigenvalue weighted by molar-refractivity contribution is -0.138. The van der Waals surface area contributed by atoms with E-state index in [-0.39, 0.29) is 18.2 Å². The highest BCUT2D eigenvalue weighted by Gasteiger charge is 2.13. The van der Waals surface area contributed by atoms with Crippen LogP contribution in [0.2, 0.25) is 0 Å². The Kier molecular flexibility index (Phi) is 6.73. The van der Waals surface area contributed by atoms with Crippen LogP contribution in [0.3, 0.4) is 0 Å². The lowest BCUT2D eigenvalue weighted by Crippen LogP contribution is -2.30. The number of aliphatic carboxylic acids is 1. The van der Waals surface area contributed by atoms with Crippen LogP contribution < -0.4 is 5.32 Å². The van der Waals surface area contributed by atoms with Gasteiger partial charge in [-0.3, -0.25) is 9.59 Å². The topological polar surface area (TPSA) is 75.6 Å². The number of carbonyl (C=O) groups excluding carboxylic acids is 1. The summed E-state index contributed by atoms with van der Waals surface area (Å²) in [4.78, 5) is 22.7. The van der Waals surface area contributed by atoms with E-state index >= 15 is 0 Å². The molecule has 1 rings (SSSR count). The van der Waals surface area contributed by atoms with Crippen LogP contribution in [0, 0.1) is 5.92 Å². The van der Waals surface area contributed by atoms with E-state index in [1.54, 1.807) is 25.3 Å². The summed E-state index contributed by atoms with van der Waals surface area (Å²) in [5.74, 6) is -1.07. The molecule has 0 aliphatic carbocycles. The molecule has 5 heteroatoms. The third-order valence-corrected chi connectivity index (χ3v) is 3.09. The van der Waals surface area contributed by atoms with Gasteiger partial charge in [-0.25, -0.2) is 0 Å². The molecule has 5 nitrogen and oxygen atoms in total. The first-order valence-electron chi connectivity index (χ1n) is 6.64. The highest BCUT2D eigenvalue weighted by Crippen LogP contribution is 2.09. The minimum atomic E-state index is -0.840. The average molecular weight is 279 g/mol. The first-order chi connectivity index (χ1) is 9.56. The largest absolute Gasteiger partial charge is 0.481 e. The van der Waals surface area contributed by atoms with Gasteiger partial charge < -0.3 is 15.2 Å². The van der Waals surface area contributed by atoms with Gasteiger partial charge in [-0.2, -0.15) is 0 Å². The molecule has 1 atom stereocenters. The fourth-order valence-electron chi connectivity index (χ4n) is 1.92. The number of rotatable bonds is 8. The Morgan fingerprint density at radius 2 is 2.15 bits per heavy atom. The second kappa shape index (κ2) is 8.32. The van der Waals surface area contributed by atoms with Crippen molar-refractivity contribution in [2.24, 2.45) is 5.92 Å². The zero-order valence-electron chi connectivity index (χ0n) is 11.9. The van der Waals surface area contributed by atoms with Gasteiger partial charge in [-0.05, 0) is 23.6 Å². The Morgan fingerprint density at radius 1 is 1.40 bits per heavy atom. The van der Waals surface area contributed by atoms with Crippen LogP contribution in [0.4, 0.5) is 0 Å². The summed E-state index contributed by atoms with van der Waals surface area (Å²) >= 11 is 0. The molecule has 0 spiro atoms. The maximum Gasteiger partial charge on any atom is 0.303 e. The van der Waals surface area contributed by atoms with Crippen molar-refractivity contribution in [3.8, 4) is 0 Å². The van der Waals surface area contributed by atoms with Crippen molar-refractivity contribution in [1.29, 1.82) is 0 Å². The molecule has 1 aromatic carbocycles. The molecule has 20 heavy (non-hydrogen) atoms. The smallest absolute Gasteiger partial charge is 0.303 e. The zero-order valence-corrected chi connectivity index (χ0v) is 11.9. The Bertz CT molecular complexity index is 459. The van der Waals surface area contributed by atoms with Gasteiger partial charge in [-0.15, -0.1) is 0 Å². The third-order valence-electron chi connectivity index (χ3n) is 3.09. The quantitative estimate of drug-likeness (QED) is 0.763. The minimum Gasteiger partial charge on any atom is -0.481 e. The van der Waals surface area contributed by atoms with Gasteiger partial charge in [0.25, 0.3) is 5.91 Å². The van der Waals surface area contributed by atoms with Crippen molar-refractivity contribution >= 4 is 11.9 Å². The number of hydrogen-bond acceptors (Lipinski definition) is 3. The number of carbonyl (C=O) groups is 2. The molecule has 0 heterocycles. The zero-order chi connectivity index (χ0) is 15.0. The molecule has 0 saturated heterocycles. The van der Waals surface area contributed by atoms with Crippen molar-refractivity contribution in [2.45, 2.75) is 26.4 Å². The highest BCUT2D eigenvalue weighted by atomic mass is 16.5. The summed E-state index contributed by atoms with van der Waals surface area (Å²) in [6, 6.07) is 7.20. The standard InChI is InChI=1S/C15H21NO4/c1-3-11(8-14(17)18)9-16-15(19)13-6-4-5-12(7-13)10-20-2/h4-7,11H,3,8-10H2,1-2H3,(H,16,19)(H,17,18). The van der Waals surface area contributed by atoms with Crippen LogP contribution in [0.25, 0.3) is 0 Å². The van der Waals surface area contributed by atoms with Crippen molar-refractivity contribution < 1.29 is 19.4 Å². The number of carboxylic acids is 1. The molecule has 0 aromatic heterocycles. The van der Waals surface area contributed by atoms with E-state index < -0.39 is 5.97 Å². The average Bonchev–Trinajstić information content (AvgIpc) is 2.43. The Balaban J connectivity index is 2.57. The van der Waals surface area contributed by atoms with Crippen LogP contribution in [0.5, 0.6) is 0 Å². The van der Waals surface area contributed by atoms with E-state index in [0.29, 0.717) is 18.7 Å². The number of amides is 1. The highest BCUT2D eigenvalue weighted by molar-refractivity contribution is 5.94. The molecule has 0 saturated carbocycles. The first kappa shape index (κ1) is 16.2. The lowest BCUT2D eigenvalue weighted by Gasteiger charge is -2.13. The Hall–Kier alpha value is -1.88. The maximum absolute atomic E-state index is 12.0. The monoisotopic (exact) mass is 279 g/mol. The van der Waals surface area contributed by atoms with E-state index in [1.165, 1.54) is 0 Å². The molecule has 0 aliphatic rings. The first-order valence-corrected chi connectivity index (χ1v) is 6.64. The van der Waals surface area contributed by atoms with E-state index in [4.69, 9.17) is 9.84 Å². The van der Waals surface area contributed by atoms with Crippen LogP contribution in [-0.2, 0) is 16.1 Å². The molecule has 1 amide bonds. The fourth-order valence-corrected chi connectivity index (χ4v) is 1.92. The number of ether oxygens (including phenoxy) is 1. The molecule has 0 radical (unpaired) electrons. The summed E-state index contributed by atoms with van der Waals surface area (Å²) in [7, 11) is 1.60. The van der Waals surface area contributed by atoms with Gasteiger partial charge in [-0.1, -0.05) is 25.5 Å². The summed E-state index contributed by atoms with van der Waals surface area (Å²) in [5.41, 5.74) is 1.49. The molecular formula is C15H21NO4. The summed E-state index contributed by atoms with van der Waals surface area (Å²) < 4.78 is 5.02.